The number of urea groups is 1. The van der Waals surface area contributed by atoms with Gasteiger partial charge >= 0.3 is 6.03 Å². The summed E-state index contributed by atoms with van der Waals surface area (Å²) in [5.74, 6) is -0.103. The summed E-state index contributed by atoms with van der Waals surface area (Å²) in [5.41, 5.74) is 1.70. The number of fused-ring (bicyclic) bond motifs is 1. The van der Waals surface area contributed by atoms with Crippen LogP contribution >= 0.6 is 22.9 Å². The highest BCUT2D eigenvalue weighted by molar-refractivity contribution is 7.18. The molecular formula is C22H22ClFN4O2S. The Kier molecular flexibility index (Phi) is 6.67. The quantitative estimate of drug-likeness (QED) is 0.596. The average Bonchev–Trinajstić information content (AvgIpc) is 3.20. The number of hydrogen-bond acceptors (Lipinski definition) is 4. The van der Waals surface area contributed by atoms with E-state index in [1.54, 1.807) is 28.4 Å². The fourth-order valence-electron chi connectivity index (χ4n) is 3.58. The molecule has 1 fully saturated rings. The van der Waals surface area contributed by atoms with Crippen LogP contribution in [0.1, 0.15) is 29.3 Å². The molecule has 0 aliphatic carbocycles. The summed E-state index contributed by atoms with van der Waals surface area (Å²) in [6, 6.07) is 11.2. The number of rotatable bonds is 5. The molecular weight excluding hydrogens is 439 g/mol. The summed E-state index contributed by atoms with van der Waals surface area (Å²) in [7, 11) is 0. The normalized spacial score (nSPS) is 14.6. The molecule has 0 spiro atoms. The number of aromatic nitrogens is 1. The molecule has 2 N–H and O–H groups in total. The molecule has 2 aromatic carbocycles. The van der Waals surface area contributed by atoms with E-state index < -0.39 is 6.03 Å². The largest absolute Gasteiger partial charge is 0.341 e. The third-order valence-electron chi connectivity index (χ3n) is 5.33. The maximum absolute atomic E-state index is 12.9. The lowest BCUT2D eigenvalue weighted by molar-refractivity contribution is -0.131. The molecule has 6 nitrogen and oxygen atoms in total. The van der Waals surface area contributed by atoms with Gasteiger partial charge in [0.05, 0.1) is 21.8 Å². The van der Waals surface area contributed by atoms with Crippen molar-refractivity contribution in [1.82, 2.24) is 20.5 Å². The van der Waals surface area contributed by atoms with Gasteiger partial charge in [-0.05, 0) is 48.7 Å². The van der Waals surface area contributed by atoms with E-state index in [-0.39, 0.29) is 24.8 Å². The predicted octanol–water partition coefficient (Wildman–Crippen LogP) is 4.29. The first-order chi connectivity index (χ1) is 15.0. The zero-order valence-electron chi connectivity index (χ0n) is 16.7. The van der Waals surface area contributed by atoms with Crippen molar-refractivity contribution in [3.05, 3.63) is 63.9 Å². The van der Waals surface area contributed by atoms with Crippen LogP contribution in [-0.4, -0.2) is 41.5 Å². The lowest BCUT2D eigenvalue weighted by Crippen LogP contribution is -2.45. The first-order valence-corrected chi connectivity index (χ1v) is 11.3. The Morgan fingerprint density at radius 2 is 1.87 bits per heavy atom. The summed E-state index contributed by atoms with van der Waals surface area (Å²) in [5, 5.41) is 7.02. The molecule has 0 unspecified atom stereocenters. The molecule has 162 valence electrons. The second-order valence-electron chi connectivity index (χ2n) is 7.48. The Labute approximate surface area is 188 Å². The SMILES string of the molecule is O=C(NCC(=O)N1CCC(c2nc3cc(Cl)ccc3s2)CC1)NCc1ccc(F)cc1. The van der Waals surface area contributed by atoms with Gasteiger partial charge in [-0.3, -0.25) is 4.79 Å². The van der Waals surface area contributed by atoms with Crippen LogP contribution in [0.2, 0.25) is 5.02 Å². The third kappa shape index (κ3) is 5.51. The van der Waals surface area contributed by atoms with Gasteiger partial charge in [-0.15, -0.1) is 11.3 Å². The van der Waals surface area contributed by atoms with E-state index in [1.807, 2.05) is 18.2 Å². The van der Waals surface area contributed by atoms with Gasteiger partial charge in [0.1, 0.15) is 5.82 Å². The number of nitrogens with one attached hydrogen (secondary N) is 2. The highest BCUT2D eigenvalue weighted by Crippen LogP contribution is 2.34. The van der Waals surface area contributed by atoms with Crippen molar-refractivity contribution < 1.29 is 14.0 Å². The molecule has 0 radical (unpaired) electrons. The standard InChI is InChI=1S/C22H22ClFN4O2S/c23-16-3-6-19-18(11-16)27-21(31-19)15-7-9-28(10-8-15)20(29)13-26-22(30)25-12-14-1-4-17(24)5-2-14/h1-6,11,15H,7-10,12-13H2,(H2,25,26,30). The number of benzene rings is 2. The second kappa shape index (κ2) is 9.62. The van der Waals surface area contributed by atoms with Crippen molar-refractivity contribution in [2.75, 3.05) is 19.6 Å². The molecule has 1 aromatic heterocycles. The van der Waals surface area contributed by atoms with E-state index in [0.717, 1.165) is 33.6 Å². The van der Waals surface area contributed by atoms with Gasteiger partial charge in [-0.1, -0.05) is 23.7 Å². The maximum atomic E-state index is 12.9. The van der Waals surface area contributed by atoms with Gasteiger partial charge in [-0.2, -0.15) is 0 Å². The van der Waals surface area contributed by atoms with E-state index in [2.05, 4.69) is 10.6 Å². The van der Waals surface area contributed by atoms with E-state index in [1.165, 1.54) is 12.1 Å². The minimum absolute atomic E-state index is 0.0560. The minimum atomic E-state index is -0.430. The molecule has 0 bridgehead atoms. The van der Waals surface area contributed by atoms with Gasteiger partial charge in [0.25, 0.3) is 0 Å². The lowest BCUT2D eigenvalue weighted by atomic mass is 9.97. The molecule has 1 aliphatic rings. The van der Waals surface area contributed by atoms with Crippen molar-refractivity contribution >= 4 is 45.1 Å². The Morgan fingerprint density at radius 1 is 1.13 bits per heavy atom. The van der Waals surface area contributed by atoms with Gasteiger partial charge < -0.3 is 15.5 Å². The number of piperidine rings is 1. The summed E-state index contributed by atoms with van der Waals surface area (Å²) in [6.07, 6.45) is 1.69. The molecule has 3 amide bonds. The number of likely N-dealkylation sites (tertiary alicyclic amines) is 1. The molecule has 3 aromatic rings. The van der Waals surface area contributed by atoms with Crippen LogP contribution in [0.15, 0.2) is 42.5 Å². The summed E-state index contributed by atoms with van der Waals surface area (Å²) in [4.78, 5) is 30.9. The predicted molar refractivity (Wildman–Crippen MR) is 120 cm³/mol. The Morgan fingerprint density at radius 3 is 2.61 bits per heavy atom. The highest BCUT2D eigenvalue weighted by Gasteiger charge is 2.26. The topological polar surface area (TPSA) is 74.3 Å². The molecule has 1 aliphatic heterocycles. The van der Waals surface area contributed by atoms with E-state index in [4.69, 9.17) is 16.6 Å². The average molecular weight is 461 g/mol. The summed E-state index contributed by atoms with van der Waals surface area (Å²) >= 11 is 7.73. The molecule has 1 saturated heterocycles. The maximum Gasteiger partial charge on any atom is 0.315 e. The third-order valence-corrected chi connectivity index (χ3v) is 6.76. The van der Waals surface area contributed by atoms with Gasteiger partial charge in [0.2, 0.25) is 5.91 Å². The minimum Gasteiger partial charge on any atom is -0.341 e. The highest BCUT2D eigenvalue weighted by atomic mass is 35.5. The van der Waals surface area contributed by atoms with Crippen LogP contribution in [0.3, 0.4) is 0 Å². The second-order valence-corrected chi connectivity index (χ2v) is 8.98. The smallest absolute Gasteiger partial charge is 0.315 e. The Hall–Kier alpha value is -2.71. The van der Waals surface area contributed by atoms with Crippen LogP contribution in [0.5, 0.6) is 0 Å². The van der Waals surface area contributed by atoms with Crippen LogP contribution in [0, 0.1) is 5.82 Å². The lowest BCUT2D eigenvalue weighted by Gasteiger charge is -2.31. The Bertz CT molecular complexity index is 1080. The number of amides is 3. The molecule has 0 saturated carbocycles. The van der Waals surface area contributed by atoms with Crippen molar-refractivity contribution in [3.8, 4) is 0 Å². The van der Waals surface area contributed by atoms with Gasteiger partial charge in [-0.25, -0.2) is 14.2 Å². The number of hydrogen-bond donors (Lipinski definition) is 2. The number of thiazole rings is 1. The molecule has 31 heavy (non-hydrogen) atoms. The van der Waals surface area contributed by atoms with Crippen LogP contribution in [0.4, 0.5) is 9.18 Å². The van der Waals surface area contributed by atoms with Crippen LogP contribution in [0.25, 0.3) is 10.2 Å². The first kappa shape index (κ1) is 21.5. The fourth-order valence-corrected chi connectivity index (χ4v) is 4.87. The fraction of sp³-hybridized carbons (Fsp3) is 0.318. The van der Waals surface area contributed by atoms with Crippen molar-refractivity contribution in [3.63, 3.8) is 0 Å². The molecule has 2 heterocycles. The van der Waals surface area contributed by atoms with Crippen molar-refractivity contribution in [1.29, 1.82) is 0 Å². The van der Waals surface area contributed by atoms with E-state index >= 15 is 0 Å². The van der Waals surface area contributed by atoms with Crippen molar-refractivity contribution in [2.24, 2.45) is 0 Å². The van der Waals surface area contributed by atoms with E-state index in [9.17, 15) is 14.0 Å². The monoisotopic (exact) mass is 460 g/mol. The number of carbonyl (C=O) groups is 2. The number of nitrogens with zero attached hydrogens (tertiary/aromatic N) is 2. The zero-order valence-corrected chi connectivity index (χ0v) is 18.3. The summed E-state index contributed by atoms with van der Waals surface area (Å²) in [6.45, 7) is 1.48. The summed E-state index contributed by atoms with van der Waals surface area (Å²) < 4.78 is 14.0. The number of halogens is 2. The van der Waals surface area contributed by atoms with Gasteiger partial charge in [0.15, 0.2) is 0 Å². The van der Waals surface area contributed by atoms with E-state index in [0.29, 0.717) is 24.0 Å². The number of carbonyl (C=O) groups excluding carboxylic acids is 2. The van der Waals surface area contributed by atoms with Crippen LogP contribution < -0.4 is 10.6 Å². The molecule has 4 rings (SSSR count). The van der Waals surface area contributed by atoms with Gasteiger partial charge in [0, 0.05) is 30.6 Å². The molecule has 9 heteroatoms. The van der Waals surface area contributed by atoms with Crippen molar-refractivity contribution in [2.45, 2.75) is 25.3 Å². The Balaban J connectivity index is 1.21. The first-order valence-electron chi connectivity index (χ1n) is 10.1. The molecule has 0 atom stereocenters. The zero-order chi connectivity index (χ0) is 21.8. The van der Waals surface area contributed by atoms with Crippen LogP contribution in [-0.2, 0) is 11.3 Å².